The minimum Gasteiger partial charge on any atom is -0.205 e. The zero-order valence-corrected chi connectivity index (χ0v) is 15.4. The van der Waals surface area contributed by atoms with Gasteiger partial charge in [0, 0.05) is 5.56 Å². The number of hydrogen-bond acceptors (Lipinski definition) is 0. The van der Waals surface area contributed by atoms with Crippen LogP contribution in [0.2, 0.25) is 5.02 Å². The van der Waals surface area contributed by atoms with Gasteiger partial charge in [-0.2, -0.15) is 0 Å². The first-order chi connectivity index (χ1) is 11.2. The number of allylic oxidation sites excluding steroid dienone is 2. The molecule has 128 valence electrons. The standard InChI is InChI=1S/C21H30ClF/c1-3-5-7-8-16-10-12-17(13-11-16)19-15-14-18(9-6-4-2)20(22)21(19)23/h12,14-16H,3-11,13H2,1-2H3. The number of benzene rings is 1. The summed E-state index contributed by atoms with van der Waals surface area (Å²) in [6.07, 6.45) is 13.8. The molecule has 2 rings (SSSR count). The van der Waals surface area contributed by atoms with E-state index in [0.717, 1.165) is 54.7 Å². The second kappa shape index (κ2) is 9.47. The number of aryl methyl sites for hydroxylation is 1. The first kappa shape index (κ1) is 18.5. The van der Waals surface area contributed by atoms with E-state index in [0.29, 0.717) is 5.02 Å². The molecule has 0 aromatic heterocycles. The van der Waals surface area contributed by atoms with Crippen LogP contribution in [0.1, 0.15) is 82.8 Å². The van der Waals surface area contributed by atoms with Crippen molar-refractivity contribution >= 4 is 17.2 Å². The molecule has 2 heteroatoms. The fraction of sp³-hybridized carbons (Fsp3) is 0.619. The maximum Gasteiger partial charge on any atom is 0.149 e. The van der Waals surface area contributed by atoms with Crippen molar-refractivity contribution in [3.05, 3.63) is 40.2 Å². The molecule has 23 heavy (non-hydrogen) atoms. The monoisotopic (exact) mass is 336 g/mol. The normalized spacial score (nSPS) is 18.1. The number of unbranched alkanes of at least 4 members (excludes halogenated alkanes) is 3. The summed E-state index contributed by atoms with van der Waals surface area (Å²) in [7, 11) is 0. The fourth-order valence-corrected chi connectivity index (χ4v) is 3.74. The van der Waals surface area contributed by atoms with Gasteiger partial charge in [0.25, 0.3) is 0 Å². The third-order valence-electron chi connectivity index (χ3n) is 5.04. The van der Waals surface area contributed by atoms with Crippen LogP contribution in [0, 0.1) is 11.7 Å². The Morgan fingerprint density at radius 3 is 2.57 bits per heavy atom. The van der Waals surface area contributed by atoms with E-state index in [1.807, 2.05) is 12.1 Å². The van der Waals surface area contributed by atoms with Gasteiger partial charge in [-0.15, -0.1) is 0 Å². The maximum absolute atomic E-state index is 14.6. The lowest BCUT2D eigenvalue weighted by molar-refractivity contribution is 0.427. The molecule has 0 aliphatic heterocycles. The average molecular weight is 337 g/mol. The van der Waals surface area contributed by atoms with Crippen molar-refractivity contribution in [2.24, 2.45) is 5.92 Å². The predicted octanol–water partition coefficient (Wildman–Crippen LogP) is 7.59. The summed E-state index contributed by atoms with van der Waals surface area (Å²) >= 11 is 6.26. The Morgan fingerprint density at radius 1 is 1.13 bits per heavy atom. The third-order valence-corrected chi connectivity index (χ3v) is 5.45. The molecule has 0 nitrogen and oxygen atoms in total. The van der Waals surface area contributed by atoms with Gasteiger partial charge in [0.05, 0.1) is 5.02 Å². The highest BCUT2D eigenvalue weighted by molar-refractivity contribution is 6.31. The zero-order chi connectivity index (χ0) is 16.7. The highest BCUT2D eigenvalue weighted by Gasteiger charge is 2.19. The lowest BCUT2D eigenvalue weighted by Crippen LogP contribution is -2.07. The second-order valence-corrected chi connectivity index (χ2v) is 7.25. The first-order valence-electron chi connectivity index (χ1n) is 9.33. The Balaban J connectivity index is 2.03. The van der Waals surface area contributed by atoms with Crippen LogP contribution < -0.4 is 0 Å². The number of halogens is 2. The van der Waals surface area contributed by atoms with E-state index in [4.69, 9.17) is 11.6 Å². The van der Waals surface area contributed by atoms with E-state index in [1.165, 1.54) is 32.1 Å². The van der Waals surface area contributed by atoms with Gasteiger partial charge in [0.2, 0.25) is 0 Å². The Hall–Kier alpha value is -0.820. The van der Waals surface area contributed by atoms with E-state index >= 15 is 0 Å². The summed E-state index contributed by atoms with van der Waals surface area (Å²) in [6.45, 7) is 4.39. The highest BCUT2D eigenvalue weighted by atomic mass is 35.5. The molecule has 0 bridgehead atoms. The first-order valence-corrected chi connectivity index (χ1v) is 9.71. The van der Waals surface area contributed by atoms with Crippen LogP contribution in [-0.2, 0) is 6.42 Å². The molecule has 0 spiro atoms. The van der Waals surface area contributed by atoms with Gasteiger partial charge in [0.15, 0.2) is 0 Å². The molecule has 0 amide bonds. The maximum atomic E-state index is 14.6. The minimum atomic E-state index is -0.212. The summed E-state index contributed by atoms with van der Waals surface area (Å²) in [5, 5.41) is 0.335. The van der Waals surface area contributed by atoms with E-state index in [1.54, 1.807) is 0 Å². The predicted molar refractivity (Wildman–Crippen MR) is 99.5 cm³/mol. The summed E-state index contributed by atoms with van der Waals surface area (Å²) in [4.78, 5) is 0. The summed E-state index contributed by atoms with van der Waals surface area (Å²) in [6, 6.07) is 3.96. The average Bonchev–Trinajstić information content (AvgIpc) is 2.57. The molecule has 1 atom stereocenters. The highest BCUT2D eigenvalue weighted by Crippen LogP contribution is 2.36. The molecular formula is C21H30ClF. The van der Waals surface area contributed by atoms with E-state index in [2.05, 4.69) is 19.9 Å². The third kappa shape index (κ3) is 5.08. The Bertz CT molecular complexity index is 533. The quantitative estimate of drug-likeness (QED) is 0.429. The van der Waals surface area contributed by atoms with Crippen LogP contribution in [0.5, 0.6) is 0 Å². The van der Waals surface area contributed by atoms with Crippen molar-refractivity contribution in [1.82, 2.24) is 0 Å². The lowest BCUT2D eigenvalue weighted by Gasteiger charge is -2.23. The molecule has 1 aromatic rings. The lowest BCUT2D eigenvalue weighted by atomic mass is 9.83. The SMILES string of the molecule is CCCCCC1CC=C(c2ccc(CCCC)c(Cl)c2F)CC1. The van der Waals surface area contributed by atoms with Crippen molar-refractivity contribution in [3.8, 4) is 0 Å². The summed E-state index contributed by atoms with van der Waals surface area (Å²) in [5.41, 5.74) is 2.82. The second-order valence-electron chi connectivity index (χ2n) is 6.87. The Kier molecular flexibility index (Phi) is 7.62. The van der Waals surface area contributed by atoms with Crippen LogP contribution in [0.4, 0.5) is 4.39 Å². The van der Waals surface area contributed by atoms with Crippen LogP contribution in [0.15, 0.2) is 18.2 Å². The van der Waals surface area contributed by atoms with Crippen LogP contribution in [0.3, 0.4) is 0 Å². The van der Waals surface area contributed by atoms with Gasteiger partial charge in [-0.25, -0.2) is 4.39 Å². The molecule has 0 saturated heterocycles. The topological polar surface area (TPSA) is 0 Å². The van der Waals surface area contributed by atoms with Crippen LogP contribution in [0.25, 0.3) is 5.57 Å². The van der Waals surface area contributed by atoms with E-state index in [9.17, 15) is 4.39 Å². The molecule has 1 aliphatic carbocycles. The van der Waals surface area contributed by atoms with Crippen molar-refractivity contribution < 1.29 is 4.39 Å². The molecule has 1 aromatic carbocycles. The fourth-order valence-electron chi connectivity index (χ4n) is 3.48. The molecule has 0 heterocycles. The van der Waals surface area contributed by atoms with E-state index in [-0.39, 0.29) is 5.82 Å². The smallest absolute Gasteiger partial charge is 0.149 e. The Labute approximate surface area is 146 Å². The molecule has 1 aliphatic rings. The molecule has 0 N–H and O–H groups in total. The Morgan fingerprint density at radius 2 is 1.91 bits per heavy atom. The van der Waals surface area contributed by atoms with Crippen LogP contribution >= 0.6 is 11.6 Å². The number of hydrogen-bond donors (Lipinski definition) is 0. The largest absolute Gasteiger partial charge is 0.205 e. The van der Waals surface area contributed by atoms with Gasteiger partial charge in [0.1, 0.15) is 5.82 Å². The molecular weight excluding hydrogens is 307 g/mol. The molecule has 1 unspecified atom stereocenters. The van der Waals surface area contributed by atoms with Crippen molar-refractivity contribution in [1.29, 1.82) is 0 Å². The van der Waals surface area contributed by atoms with Gasteiger partial charge in [-0.1, -0.05) is 75.8 Å². The molecule has 0 saturated carbocycles. The molecule has 0 radical (unpaired) electrons. The van der Waals surface area contributed by atoms with Gasteiger partial charge >= 0.3 is 0 Å². The van der Waals surface area contributed by atoms with Crippen molar-refractivity contribution in [2.45, 2.75) is 78.1 Å². The van der Waals surface area contributed by atoms with Crippen molar-refractivity contribution in [3.63, 3.8) is 0 Å². The van der Waals surface area contributed by atoms with E-state index < -0.39 is 0 Å². The minimum absolute atomic E-state index is 0.212. The van der Waals surface area contributed by atoms with Crippen LogP contribution in [-0.4, -0.2) is 0 Å². The van der Waals surface area contributed by atoms with Gasteiger partial charge in [-0.05, 0) is 49.2 Å². The zero-order valence-electron chi connectivity index (χ0n) is 14.6. The number of rotatable bonds is 8. The van der Waals surface area contributed by atoms with Crippen molar-refractivity contribution in [2.75, 3.05) is 0 Å². The molecule has 0 fully saturated rings. The summed E-state index contributed by atoms with van der Waals surface area (Å²) in [5.74, 6) is 0.573. The summed E-state index contributed by atoms with van der Waals surface area (Å²) < 4.78 is 14.6. The van der Waals surface area contributed by atoms with Gasteiger partial charge in [-0.3, -0.25) is 0 Å². The van der Waals surface area contributed by atoms with Gasteiger partial charge < -0.3 is 0 Å².